The maximum atomic E-state index is 4.68. The second-order valence-corrected chi connectivity index (χ2v) is 5.23. The van der Waals surface area contributed by atoms with Crippen LogP contribution >= 0.6 is 24.8 Å². The fourth-order valence-corrected chi connectivity index (χ4v) is 2.56. The summed E-state index contributed by atoms with van der Waals surface area (Å²) in [7, 11) is 0. The molecule has 1 atom stereocenters. The number of imidazole rings is 1. The molecule has 6 heteroatoms. The molecule has 1 fully saturated rings. The van der Waals surface area contributed by atoms with Crippen molar-refractivity contribution >= 4 is 30.5 Å². The lowest BCUT2D eigenvalue weighted by molar-refractivity contribution is 0.164. The van der Waals surface area contributed by atoms with Crippen molar-refractivity contribution in [2.45, 2.75) is 26.4 Å². The summed E-state index contributed by atoms with van der Waals surface area (Å²) in [5, 5.41) is 3.42. The van der Waals surface area contributed by atoms with Gasteiger partial charge in [-0.25, -0.2) is 4.98 Å². The van der Waals surface area contributed by atoms with E-state index < -0.39 is 0 Å². The van der Waals surface area contributed by atoms with Gasteiger partial charge in [0, 0.05) is 44.6 Å². The van der Waals surface area contributed by atoms with E-state index in [0.717, 1.165) is 37.5 Å². The molecular weight excluding hydrogens is 295 g/mol. The summed E-state index contributed by atoms with van der Waals surface area (Å²) in [4.78, 5) is 7.17. The van der Waals surface area contributed by atoms with Crippen LogP contribution in [0.3, 0.4) is 0 Å². The van der Waals surface area contributed by atoms with Gasteiger partial charge in [0.15, 0.2) is 0 Å². The van der Waals surface area contributed by atoms with Crippen molar-refractivity contribution in [3.63, 3.8) is 0 Å². The topological polar surface area (TPSA) is 32.6 Å². The average Bonchev–Trinajstić information content (AvgIpc) is 2.73. The van der Waals surface area contributed by atoms with Crippen LogP contribution in [0.15, 0.2) is 24.5 Å². The van der Waals surface area contributed by atoms with Gasteiger partial charge in [-0.2, -0.15) is 0 Å². The van der Waals surface area contributed by atoms with Crippen LogP contribution in [-0.4, -0.2) is 40.0 Å². The number of halogens is 2. The standard InChI is InChI=1S/C14H20N4.2ClH/c1-11-3-4-14-16-13(10-18(14)8-11)9-17-6-5-15-7-12(17)2;;/h3-4,8,10,12,15H,5-7,9H2,1-2H3;2*1H/t12-;;/m1../s1. The van der Waals surface area contributed by atoms with Crippen LogP contribution in [-0.2, 0) is 6.54 Å². The summed E-state index contributed by atoms with van der Waals surface area (Å²) in [6.07, 6.45) is 4.28. The SMILES string of the molecule is Cc1ccc2nc(CN3CCNC[C@H]3C)cn2c1.Cl.Cl. The van der Waals surface area contributed by atoms with Gasteiger partial charge >= 0.3 is 0 Å². The van der Waals surface area contributed by atoms with Crippen molar-refractivity contribution in [3.8, 4) is 0 Å². The fourth-order valence-electron chi connectivity index (χ4n) is 2.56. The van der Waals surface area contributed by atoms with Gasteiger partial charge in [-0.1, -0.05) is 6.07 Å². The van der Waals surface area contributed by atoms with Crippen LogP contribution in [0.2, 0.25) is 0 Å². The molecule has 2 aromatic heterocycles. The third-order valence-electron chi connectivity index (χ3n) is 3.65. The number of piperazine rings is 1. The molecule has 3 heterocycles. The maximum absolute atomic E-state index is 4.68. The molecule has 2 aromatic rings. The first-order chi connectivity index (χ1) is 8.72. The smallest absolute Gasteiger partial charge is 0.137 e. The molecule has 0 amide bonds. The van der Waals surface area contributed by atoms with E-state index in [2.05, 4.69) is 58.0 Å². The Hall–Kier alpha value is -0.810. The van der Waals surface area contributed by atoms with Gasteiger partial charge in [0.05, 0.1) is 5.69 Å². The van der Waals surface area contributed by atoms with Gasteiger partial charge in [-0.3, -0.25) is 4.90 Å². The molecule has 1 N–H and O–H groups in total. The van der Waals surface area contributed by atoms with Crippen molar-refractivity contribution in [3.05, 3.63) is 35.8 Å². The van der Waals surface area contributed by atoms with Crippen LogP contribution in [0.4, 0.5) is 0 Å². The van der Waals surface area contributed by atoms with Gasteiger partial charge in [-0.05, 0) is 25.5 Å². The van der Waals surface area contributed by atoms with Gasteiger partial charge in [0.1, 0.15) is 5.65 Å². The van der Waals surface area contributed by atoms with E-state index in [1.54, 1.807) is 0 Å². The van der Waals surface area contributed by atoms with Crippen molar-refractivity contribution < 1.29 is 0 Å². The fraction of sp³-hybridized carbons (Fsp3) is 0.500. The second-order valence-electron chi connectivity index (χ2n) is 5.23. The Balaban J connectivity index is 0.000001000. The zero-order valence-electron chi connectivity index (χ0n) is 11.9. The van der Waals surface area contributed by atoms with Crippen molar-refractivity contribution in [1.29, 1.82) is 0 Å². The average molecular weight is 317 g/mol. The first kappa shape index (κ1) is 17.2. The quantitative estimate of drug-likeness (QED) is 0.922. The molecule has 112 valence electrons. The summed E-state index contributed by atoms with van der Waals surface area (Å²) >= 11 is 0. The van der Waals surface area contributed by atoms with E-state index in [9.17, 15) is 0 Å². The Labute approximate surface area is 132 Å². The molecular formula is C14H22Cl2N4. The Kier molecular flexibility index (Phi) is 6.27. The van der Waals surface area contributed by atoms with Crippen LogP contribution in [0.5, 0.6) is 0 Å². The number of nitrogens with one attached hydrogen (secondary N) is 1. The molecule has 0 aliphatic carbocycles. The molecule has 1 aliphatic rings. The van der Waals surface area contributed by atoms with Crippen LogP contribution in [0.1, 0.15) is 18.2 Å². The lowest BCUT2D eigenvalue weighted by atomic mass is 10.2. The number of aromatic nitrogens is 2. The molecule has 1 saturated heterocycles. The van der Waals surface area contributed by atoms with Crippen molar-refractivity contribution in [2.75, 3.05) is 19.6 Å². The Bertz CT molecular complexity index is 555. The predicted octanol–water partition coefficient (Wildman–Crippen LogP) is 2.28. The van der Waals surface area contributed by atoms with E-state index in [1.165, 1.54) is 5.56 Å². The highest BCUT2D eigenvalue weighted by molar-refractivity contribution is 5.85. The molecule has 0 unspecified atom stereocenters. The summed E-state index contributed by atoms with van der Waals surface area (Å²) < 4.78 is 2.12. The van der Waals surface area contributed by atoms with E-state index >= 15 is 0 Å². The molecule has 0 spiro atoms. The van der Waals surface area contributed by atoms with Gasteiger partial charge in [0.25, 0.3) is 0 Å². The number of fused-ring (bicyclic) bond motifs is 1. The number of hydrogen-bond acceptors (Lipinski definition) is 3. The minimum atomic E-state index is 0. The molecule has 1 aliphatic heterocycles. The number of hydrogen-bond donors (Lipinski definition) is 1. The van der Waals surface area contributed by atoms with Crippen LogP contribution in [0, 0.1) is 6.92 Å². The first-order valence-corrected chi connectivity index (χ1v) is 6.61. The number of nitrogens with zero attached hydrogens (tertiary/aromatic N) is 3. The highest BCUT2D eigenvalue weighted by Crippen LogP contribution is 2.12. The first-order valence-electron chi connectivity index (χ1n) is 6.61. The van der Waals surface area contributed by atoms with Crippen LogP contribution in [0.25, 0.3) is 5.65 Å². The van der Waals surface area contributed by atoms with Gasteiger partial charge in [-0.15, -0.1) is 24.8 Å². The monoisotopic (exact) mass is 316 g/mol. The normalized spacial score (nSPS) is 19.4. The summed E-state index contributed by atoms with van der Waals surface area (Å²) in [6.45, 7) is 8.59. The number of pyridine rings is 1. The van der Waals surface area contributed by atoms with E-state index in [0.29, 0.717) is 6.04 Å². The second kappa shape index (κ2) is 7.27. The minimum absolute atomic E-state index is 0. The maximum Gasteiger partial charge on any atom is 0.137 e. The van der Waals surface area contributed by atoms with E-state index in [4.69, 9.17) is 0 Å². The Morgan fingerprint density at radius 1 is 1.30 bits per heavy atom. The summed E-state index contributed by atoms with van der Waals surface area (Å²) in [5.41, 5.74) is 3.47. The summed E-state index contributed by atoms with van der Waals surface area (Å²) in [5.74, 6) is 0. The van der Waals surface area contributed by atoms with Gasteiger partial charge < -0.3 is 9.72 Å². The van der Waals surface area contributed by atoms with Gasteiger partial charge in [0.2, 0.25) is 0 Å². The lowest BCUT2D eigenvalue weighted by Gasteiger charge is -2.33. The molecule has 0 radical (unpaired) electrons. The zero-order chi connectivity index (χ0) is 12.5. The Morgan fingerprint density at radius 3 is 2.85 bits per heavy atom. The molecule has 0 aromatic carbocycles. The van der Waals surface area contributed by atoms with Crippen molar-refractivity contribution in [2.24, 2.45) is 0 Å². The van der Waals surface area contributed by atoms with E-state index in [-0.39, 0.29) is 24.8 Å². The number of aryl methyl sites for hydroxylation is 1. The predicted molar refractivity (Wildman–Crippen MR) is 87.2 cm³/mol. The number of rotatable bonds is 2. The molecule has 0 saturated carbocycles. The largest absolute Gasteiger partial charge is 0.314 e. The molecule has 3 rings (SSSR count). The summed E-state index contributed by atoms with van der Waals surface area (Å²) in [6, 6.07) is 4.78. The van der Waals surface area contributed by atoms with E-state index in [1.807, 2.05) is 0 Å². The lowest BCUT2D eigenvalue weighted by Crippen LogP contribution is -2.49. The van der Waals surface area contributed by atoms with Crippen molar-refractivity contribution in [1.82, 2.24) is 19.6 Å². The zero-order valence-corrected chi connectivity index (χ0v) is 13.5. The third kappa shape index (κ3) is 3.64. The molecule has 4 nitrogen and oxygen atoms in total. The third-order valence-corrected chi connectivity index (χ3v) is 3.65. The highest BCUT2D eigenvalue weighted by Gasteiger charge is 2.18. The molecule has 20 heavy (non-hydrogen) atoms. The highest BCUT2D eigenvalue weighted by atomic mass is 35.5. The minimum Gasteiger partial charge on any atom is -0.314 e. The Morgan fingerprint density at radius 2 is 2.10 bits per heavy atom. The van der Waals surface area contributed by atoms with Crippen LogP contribution < -0.4 is 5.32 Å². The molecule has 0 bridgehead atoms.